The van der Waals surface area contributed by atoms with Gasteiger partial charge in [0.2, 0.25) is 0 Å². The van der Waals surface area contributed by atoms with Gasteiger partial charge in [-0.2, -0.15) is 0 Å². The number of carbonyl (C=O) groups excluding carboxylic acids is 1. The van der Waals surface area contributed by atoms with Crippen molar-refractivity contribution in [3.8, 4) is 5.75 Å². The summed E-state index contributed by atoms with van der Waals surface area (Å²) in [5, 5.41) is 3.29. The minimum absolute atomic E-state index is 0.201. The molecule has 7 nitrogen and oxygen atoms in total. The average molecular weight is 345 g/mol. The normalized spacial score (nSPS) is 17.3. The fraction of sp³-hybridized carbons (Fsp3) is 0.312. The molecule has 1 unspecified atom stereocenters. The Kier molecular flexibility index (Phi) is 3.91. The molecule has 2 aromatic heterocycles. The monoisotopic (exact) mass is 345 g/mol. The Morgan fingerprint density at radius 3 is 3.17 bits per heavy atom. The molecular formula is C16H15N3O4S. The number of rotatable bonds is 4. The zero-order valence-electron chi connectivity index (χ0n) is 12.9. The standard InChI is InChI=1S/C16H15N3O4S/c1-21-9-4-5-10-12(7-9)24-16(18-10)19-15(20)13-14(23-8-17-13)11-3-2-6-22-11/h4-5,7-8,11H,2-3,6H2,1H3,(H,18,19,20). The van der Waals surface area contributed by atoms with Crippen molar-refractivity contribution < 1.29 is 18.7 Å². The van der Waals surface area contributed by atoms with Crippen molar-refractivity contribution in [3.05, 3.63) is 36.0 Å². The number of nitrogens with zero attached hydrogens (tertiary/aromatic N) is 2. The number of amides is 1. The van der Waals surface area contributed by atoms with Crippen molar-refractivity contribution in [2.24, 2.45) is 0 Å². The van der Waals surface area contributed by atoms with Gasteiger partial charge in [-0.3, -0.25) is 10.1 Å². The summed E-state index contributed by atoms with van der Waals surface area (Å²) in [7, 11) is 1.61. The van der Waals surface area contributed by atoms with Crippen LogP contribution in [0.3, 0.4) is 0 Å². The second-order valence-corrected chi connectivity index (χ2v) is 6.40. The number of carbonyl (C=O) groups is 1. The van der Waals surface area contributed by atoms with E-state index in [-0.39, 0.29) is 17.7 Å². The predicted molar refractivity (Wildman–Crippen MR) is 88.6 cm³/mol. The van der Waals surface area contributed by atoms with Crippen molar-refractivity contribution in [3.63, 3.8) is 0 Å². The van der Waals surface area contributed by atoms with E-state index in [2.05, 4.69) is 15.3 Å². The van der Waals surface area contributed by atoms with Crippen molar-refractivity contribution in [1.82, 2.24) is 9.97 Å². The van der Waals surface area contributed by atoms with Gasteiger partial charge in [-0.1, -0.05) is 11.3 Å². The van der Waals surface area contributed by atoms with E-state index in [1.807, 2.05) is 18.2 Å². The van der Waals surface area contributed by atoms with Gasteiger partial charge in [0, 0.05) is 6.61 Å². The van der Waals surface area contributed by atoms with E-state index in [0.29, 0.717) is 17.5 Å². The Bertz CT molecular complexity index is 882. The third kappa shape index (κ3) is 2.74. The molecule has 1 aliphatic rings. The number of anilines is 1. The fourth-order valence-electron chi connectivity index (χ4n) is 2.68. The number of hydrogen-bond donors (Lipinski definition) is 1. The summed E-state index contributed by atoms with van der Waals surface area (Å²) in [5.41, 5.74) is 1.05. The maximum atomic E-state index is 12.5. The first-order valence-electron chi connectivity index (χ1n) is 7.55. The Morgan fingerprint density at radius 1 is 1.46 bits per heavy atom. The third-order valence-corrected chi connectivity index (χ3v) is 4.78. The molecule has 0 aliphatic carbocycles. The Morgan fingerprint density at radius 2 is 2.38 bits per heavy atom. The molecule has 124 valence electrons. The van der Waals surface area contributed by atoms with Crippen LogP contribution in [0.4, 0.5) is 5.13 Å². The van der Waals surface area contributed by atoms with Crippen LogP contribution in [-0.2, 0) is 4.74 Å². The SMILES string of the molecule is COc1ccc2nc(NC(=O)c3ncoc3C3CCCO3)sc2c1. The molecule has 1 atom stereocenters. The summed E-state index contributed by atoms with van der Waals surface area (Å²) in [4.78, 5) is 20.9. The maximum Gasteiger partial charge on any atom is 0.279 e. The summed E-state index contributed by atoms with van der Waals surface area (Å²) in [5.74, 6) is 0.884. The topological polar surface area (TPSA) is 86.5 Å². The second kappa shape index (κ2) is 6.21. The minimum atomic E-state index is -0.347. The van der Waals surface area contributed by atoms with Crippen molar-refractivity contribution >= 4 is 32.6 Å². The lowest BCUT2D eigenvalue weighted by Gasteiger charge is -2.07. The lowest BCUT2D eigenvalue weighted by atomic mass is 10.1. The summed E-state index contributed by atoms with van der Waals surface area (Å²) in [6.07, 6.45) is 2.85. The van der Waals surface area contributed by atoms with Crippen LogP contribution in [0.5, 0.6) is 5.75 Å². The van der Waals surface area contributed by atoms with Gasteiger partial charge in [-0.05, 0) is 31.0 Å². The van der Waals surface area contributed by atoms with Gasteiger partial charge in [0.15, 0.2) is 23.0 Å². The molecule has 0 spiro atoms. The van der Waals surface area contributed by atoms with Crippen LogP contribution in [0.1, 0.15) is 35.2 Å². The molecule has 1 N–H and O–H groups in total. The number of hydrogen-bond acceptors (Lipinski definition) is 7. The zero-order chi connectivity index (χ0) is 16.5. The highest BCUT2D eigenvalue weighted by molar-refractivity contribution is 7.22. The van der Waals surface area contributed by atoms with E-state index in [1.165, 1.54) is 17.7 Å². The number of nitrogens with one attached hydrogen (secondary N) is 1. The molecule has 0 radical (unpaired) electrons. The average Bonchev–Trinajstić information content (AvgIpc) is 3.32. The summed E-state index contributed by atoms with van der Waals surface area (Å²) >= 11 is 1.38. The maximum absolute atomic E-state index is 12.5. The molecule has 0 bridgehead atoms. The zero-order valence-corrected chi connectivity index (χ0v) is 13.8. The van der Waals surface area contributed by atoms with Gasteiger partial charge in [-0.25, -0.2) is 9.97 Å². The van der Waals surface area contributed by atoms with Crippen molar-refractivity contribution in [2.45, 2.75) is 18.9 Å². The summed E-state index contributed by atoms with van der Waals surface area (Å²) in [6, 6.07) is 5.57. The number of aromatic nitrogens is 2. The highest BCUT2D eigenvalue weighted by Crippen LogP contribution is 2.32. The largest absolute Gasteiger partial charge is 0.497 e. The Balaban J connectivity index is 1.57. The van der Waals surface area contributed by atoms with Gasteiger partial charge in [0.1, 0.15) is 11.9 Å². The van der Waals surface area contributed by atoms with E-state index in [1.54, 1.807) is 7.11 Å². The van der Waals surface area contributed by atoms with Crippen LogP contribution in [0.25, 0.3) is 10.2 Å². The number of ether oxygens (including phenoxy) is 2. The van der Waals surface area contributed by atoms with Crippen LogP contribution in [0.2, 0.25) is 0 Å². The van der Waals surface area contributed by atoms with E-state index >= 15 is 0 Å². The quantitative estimate of drug-likeness (QED) is 0.780. The Labute approximate surface area is 141 Å². The van der Waals surface area contributed by atoms with Crippen LogP contribution in [0, 0.1) is 0 Å². The van der Waals surface area contributed by atoms with E-state index in [9.17, 15) is 4.79 Å². The first-order valence-corrected chi connectivity index (χ1v) is 8.37. The van der Waals surface area contributed by atoms with E-state index in [4.69, 9.17) is 13.9 Å². The molecule has 1 amide bonds. The molecule has 1 saturated heterocycles. The van der Waals surface area contributed by atoms with Crippen molar-refractivity contribution in [1.29, 1.82) is 0 Å². The minimum Gasteiger partial charge on any atom is -0.497 e. The highest BCUT2D eigenvalue weighted by atomic mass is 32.1. The number of benzene rings is 1. The van der Waals surface area contributed by atoms with Crippen LogP contribution >= 0.6 is 11.3 Å². The molecule has 24 heavy (non-hydrogen) atoms. The number of methoxy groups -OCH3 is 1. The van der Waals surface area contributed by atoms with Crippen molar-refractivity contribution in [2.75, 3.05) is 19.0 Å². The first-order chi connectivity index (χ1) is 11.7. The molecule has 3 aromatic rings. The number of oxazole rings is 1. The predicted octanol–water partition coefficient (Wildman–Crippen LogP) is 3.40. The summed E-state index contributed by atoms with van der Waals surface area (Å²) < 4.78 is 17.1. The van der Waals surface area contributed by atoms with Gasteiger partial charge in [0.25, 0.3) is 5.91 Å². The van der Waals surface area contributed by atoms with Crippen LogP contribution in [0.15, 0.2) is 29.0 Å². The number of thiazole rings is 1. The molecule has 1 aromatic carbocycles. The molecular weight excluding hydrogens is 330 g/mol. The molecule has 3 heterocycles. The molecule has 0 saturated carbocycles. The lowest BCUT2D eigenvalue weighted by molar-refractivity contribution is 0.0889. The second-order valence-electron chi connectivity index (χ2n) is 5.37. The smallest absolute Gasteiger partial charge is 0.279 e. The lowest BCUT2D eigenvalue weighted by Crippen LogP contribution is -2.15. The summed E-state index contributed by atoms with van der Waals surface area (Å²) in [6.45, 7) is 0.673. The van der Waals surface area contributed by atoms with Gasteiger partial charge >= 0.3 is 0 Å². The third-order valence-electron chi connectivity index (χ3n) is 3.85. The molecule has 1 aliphatic heterocycles. The van der Waals surface area contributed by atoms with E-state index < -0.39 is 0 Å². The first kappa shape index (κ1) is 15.1. The van der Waals surface area contributed by atoms with Crippen LogP contribution in [-0.4, -0.2) is 29.6 Å². The molecule has 1 fully saturated rings. The van der Waals surface area contributed by atoms with Crippen LogP contribution < -0.4 is 10.1 Å². The highest BCUT2D eigenvalue weighted by Gasteiger charge is 2.28. The van der Waals surface area contributed by atoms with Gasteiger partial charge < -0.3 is 13.9 Å². The Hall–Kier alpha value is -2.45. The van der Waals surface area contributed by atoms with Gasteiger partial charge in [-0.15, -0.1) is 0 Å². The number of fused-ring (bicyclic) bond motifs is 1. The van der Waals surface area contributed by atoms with E-state index in [0.717, 1.165) is 28.8 Å². The van der Waals surface area contributed by atoms with Gasteiger partial charge in [0.05, 0.1) is 17.3 Å². The fourth-order valence-corrected chi connectivity index (χ4v) is 3.57. The molecule has 8 heteroatoms. The molecule has 4 rings (SSSR count).